The fraction of sp³-hybridized carbons (Fsp3) is 0. The molecular weight excluding hydrogens is 155 g/mol. The summed E-state index contributed by atoms with van der Waals surface area (Å²) < 4.78 is 4.53. The van der Waals surface area contributed by atoms with Crippen molar-refractivity contribution in [2.24, 2.45) is 0 Å². The van der Waals surface area contributed by atoms with Gasteiger partial charge in [-0.05, 0) is 12.1 Å². The van der Waals surface area contributed by atoms with E-state index in [2.05, 4.69) is 17.8 Å². The summed E-state index contributed by atoms with van der Waals surface area (Å²) in [6.45, 7) is 6.00. The monoisotopic (exact) mass is 166 g/mol. The molecule has 64 valence electrons. The van der Waals surface area contributed by atoms with E-state index in [1.165, 1.54) is 0 Å². The van der Waals surface area contributed by atoms with Crippen LogP contribution in [0, 0.1) is 0 Å². The van der Waals surface area contributed by atoms with Gasteiger partial charge in [-0.3, -0.25) is 0 Å². The van der Waals surface area contributed by atoms with Crippen LogP contribution in [0.3, 0.4) is 0 Å². The standard InChI is InChI=1S/C6H7BO3.C2H4/c8-7(9)10-6-4-2-1-3-5-6;1-2/h1-5,8-9H;1-2H2. The summed E-state index contributed by atoms with van der Waals surface area (Å²) in [5.41, 5.74) is 0. The van der Waals surface area contributed by atoms with E-state index in [-0.39, 0.29) is 0 Å². The average molecular weight is 166 g/mol. The van der Waals surface area contributed by atoms with Crippen molar-refractivity contribution in [1.29, 1.82) is 0 Å². The third kappa shape index (κ3) is 4.54. The first-order chi connectivity index (χ1) is 5.79. The maximum absolute atomic E-state index is 8.34. The van der Waals surface area contributed by atoms with Crippen molar-refractivity contribution in [3.05, 3.63) is 43.5 Å². The minimum atomic E-state index is -1.73. The van der Waals surface area contributed by atoms with E-state index in [1.54, 1.807) is 24.3 Å². The molecule has 1 aromatic rings. The van der Waals surface area contributed by atoms with Crippen molar-refractivity contribution in [3.8, 4) is 5.75 Å². The first-order valence-electron chi connectivity index (χ1n) is 3.37. The minimum Gasteiger partial charge on any atom is -0.512 e. The fourth-order valence-electron chi connectivity index (χ4n) is 0.621. The lowest BCUT2D eigenvalue weighted by atomic mass is 10.2. The summed E-state index contributed by atoms with van der Waals surface area (Å²) in [7, 11) is -1.73. The number of hydrogen-bond acceptors (Lipinski definition) is 3. The lowest BCUT2D eigenvalue weighted by Gasteiger charge is -2.01. The van der Waals surface area contributed by atoms with Crippen LogP contribution >= 0.6 is 0 Å². The number of rotatable bonds is 2. The fourth-order valence-corrected chi connectivity index (χ4v) is 0.621. The molecule has 0 fully saturated rings. The quantitative estimate of drug-likeness (QED) is 0.505. The van der Waals surface area contributed by atoms with Crippen LogP contribution in [0.4, 0.5) is 0 Å². The number of para-hydroxylation sites is 1. The van der Waals surface area contributed by atoms with Gasteiger partial charge in [0.25, 0.3) is 0 Å². The summed E-state index contributed by atoms with van der Waals surface area (Å²) in [6, 6.07) is 8.59. The summed E-state index contributed by atoms with van der Waals surface area (Å²) in [6.07, 6.45) is 0. The summed E-state index contributed by atoms with van der Waals surface area (Å²) in [4.78, 5) is 0. The topological polar surface area (TPSA) is 49.7 Å². The molecule has 0 radical (unpaired) electrons. The summed E-state index contributed by atoms with van der Waals surface area (Å²) >= 11 is 0. The van der Waals surface area contributed by atoms with Gasteiger partial charge in [0.2, 0.25) is 0 Å². The molecule has 0 atom stereocenters. The normalized spacial score (nSPS) is 7.83. The zero-order valence-electron chi connectivity index (χ0n) is 6.68. The van der Waals surface area contributed by atoms with Crippen molar-refractivity contribution in [2.75, 3.05) is 0 Å². The zero-order chi connectivity index (χ0) is 9.40. The highest BCUT2D eigenvalue weighted by atomic mass is 16.6. The van der Waals surface area contributed by atoms with Crippen LogP contribution in [-0.4, -0.2) is 17.4 Å². The van der Waals surface area contributed by atoms with E-state index in [1.807, 2.05) is 6.07 Å². The van der Waals surface area contributed by atoms with Crippen molar-refractivity contribution in [2.45, 2.75) is 0 Å². The van der Waals surface area contributed by atoms with Crippen molar-refractivity contribution in [1.82, 2.24) is 0 Å². The molecule has 0 aromatic heterocycles. The molecule has 0 saturated heterocycles. The smallest absolute Gasteiger partial charge is 0.512 e. The molecule has 0 unspecified atom stereocenters. The molecule has 1 aromatic carbocycles. The highest BCUT2D eigenvalue weighted by Gasteiger charge is 2.09. The molecule has 0 spiro atoms. The molecule has 0 aliphatic carbocycles. The zero-order valence-corrected chi connectivity index (χ0v) is 6.68. The van der Waals surface area contributed by atoms with E-state index in [0.29, 0.717) is 5.75 Å². The molecule has 2 N–H and O–H groups in total. The second kappa shape index (κ2) is 6.45. The molecule has 3 nitrogen and oxygen atoms in total. The number of benzene rings is 1. The highest BCUT2D eigenvalue weighted by Crippen LogP contribution is 2.07. The maximum Gasteiger partial charge on any atom is 0.707 e. The van der Waals surface area contributed by atoms with Crippen molar-refractivity contribution < 1.29 is 14.7 Å². The molecule has 0 aliphatic rings. The molecule has 0 saturated carbocycles. The lowest BCUT2D eigenvalue weighted by Crippen LogP contribution is -2.20. The second-order valence-electron chi connectivity index (χ2n) is 1.76. The lowest BCUT2D eigenvalue weighted by molar-refractivity contribution is 0.288. The van der Waals surface area contributed by atoms with Gasteiger partial charge in [-0.15, -0.1) is 13.2 Å². The third-order valence-electron chi connectivity index (χ3n) is 0.985. The second-order valence-corrected chi connectivity index (χ2v) is 1.76. The Morgan fingerprint density at radius 2 is 1.58 bits per heavy atom. The van der Waals surface area contributed by atoms with Crippen LogP contribution in [0.25, 0.3) is 0 Å². The van der Waals surface area contributed by atoms with Gasteiger partial charge in [0.1, 0.15) is 5.75 Å². The van der Waals surface area contributed by atoms with Crippen molar-refractivity contribution >= 4 is 7.32 Å². The van der Waals surface area contributed by atoms with Gasteiger partial charge in [0, 0.05) is 0 Å². The van der Waals surface area contributed by atoms with Gasteiger partial charge in [-0.25, -0.2) is 0 Å². The van der Waals surface area contributed by atoms with E-state index in [9.17, 15) is 0 Å². The molecular formula is C8H11BO3. The van der Waals surface area contributed by atoms with Crippen LogP contribution in [0.15, 0.2) is 43.5 Å². The number of hydrogen-bond donors (Lipinski definition) is 2. The van der Waals surface area contributed by atoms with Gasteiger partial charge < -0.3 is 14.7 Å². The Bertz CT molecular complexity index is 201. The Labute approximate surface area is 72.1 Å². The van der Waals surface area contributed by atoms with Gasteiger partial charge >= 0.3 is 7.32 Å². The molecule has 1 rings (SSSR count). The van der Waals surface area contributed by atoms with E-state index in [0.717, 1.165) is 0 Å². The van der Waals surface area contributed by atoms with Crippen LogP contribution in [-0.2, 0) is 0 Å². The predicted octanol–water partition coefficient (Wildman–Crippen LogP) is 0.837. The largest absolute Gasteiger partial charge is 0.707 e. The molecule has 0 heterocycles. The summed E-state index contributed by atoms with van der Waals surface area (Å²) in [5.74, 6) is 0.442. The van der Waals surface area contributed by atoms with Gasteiger partial charge in [-0.1, -0.05) is 18.2 Å². The molecule has 4 heteroatoms. The van der Waals surface area contributed by atoms with Crippen molar-refractivity contribution in [3.63, 3.8) is 0 Å². The van der Waals surface area contributed by atoms with Gasteiger partial charge in [0.15, 0.2) is 0 Å². The Kier molecular flexibility index (Phi) is 5.78. The Morgan fingerprint density at radius 3 is 2.00 bits per heavy atom. The molecule has 0 amide bonds. The Balaban J connectivity index is 0.000000561. The summed E-state index contributed by atoms with van der Waals surface area (Å²) in [5, 5.41) is 16.7. The molecule has 0 aliphatic heterocycles. The van der Waals surface area contributed by atoms with Gasteiger partial charge in [-0.2, -0.15) is 0 Å². The highest BCUT2D eigenvalue weighted by molar-refractivity contribution is 6.33. The van der Waals surface area contributed by atoms with E-state index < -0.39 is 7.32 Å². The first kappa shape index (κ1) is 10.7. The molecule has 12 heavy (non-hydrogen) atoms. The van der Waals surface area contributed by atoms with Gasteiger partial charge in [0.05, 0.1) is 0 Å². The predicted molar refractivity (Wildman–Crippen MR) is 48.5 cm³/mol. The van der Waals surface area contributed by atoms with E-state index >= 15 is 0 Å². The minimum absolute atomic E-state index is 0.442. The van der Waals surface area contributed by atoms with E-state index in [4.69, 9.17) is 10.0 Å². The SMILES string of the molecule is C=C.OB(O)Oc1ccccc1. The van der Waals surface area contributed by atoms with Crippen LogP contribution in [0.5, 0.6) is 5.75 Å². The maximum atomic E-state index is 8.34. The Morgan fingerprint density at radius 1 is 1.08 bits per heavy atom. The Hall–Kier alpha value is -1.26. The first-order valence-corrected chi connectivity index (χ1v) is 3.37. The average Bonchev–Trinajstić information content (AvgIpc) is 2.08. The third-order valence-corrected chi connectivity index (χ3v) is 0.985. The van der Waals surface area contributed by atoms with Crippen LogP contribution < -0.4 is 4.65 Å². The molecule has 0 bridgehead atoms. The van der Waals surface area contributed by atoms with Crippen LogP contribution in [0.2, 0.25) is 0 Å². The van der Waals surface area contributed by atoms with Crippen LogP contribution in [0.1, 0.15) is 0 Å².